The zero-order valence-electron chi connectivity index (χ0n) is 17.8. The summed E-state index contributed by atoms with van der Waals surface area (Å²) in [5.74, 6) is 1.38. The summed E-state index contributed by atoms with van der Waals surface area (Å²) in [7, 11) is 1.62. The van der Waals surface area contributed by atoms with Crippen molar-refractivity contribution in [3.05, 3.63) is 61.8 Å². The van der Waals surface area contributed by atoms with E-state index in [0.29, 0.717) is 31.8 Å². The molecule has 12 heteroatoms. The van der Waals surface area contributed by atoms with Crippen molar-refractivity contribution in [3.8, 4) is 5.75 Å². The van der Waals surface area contributed by atoms with Crippen LogP contribution in [0.25, 0.3) is 11.2 Å². The topological polar surface area (TPSA) is 126 Å². The van der Waals surface area contributed by atoms with Gasteiger partial charge in [0.15, 0.2) is 17.0 Å². The van der Waals surface area contributed by atoms with E-state index in [4.69, 9.17) is 16.3 Å². The van der Waals surface area contributed by atoms with Crippen molar-refractivity contribution in [1.29, 1.82) is 0 Å². The Labute approximate surface area is 187 Å². The van der Waals surface area contributed by atoms with Crippen LogP contribution in [0.2, 0.25) is 5.28 Å². The summed E-state index contributed by atoms with van der Waals surface area (Å²) < 4.78 is 7.83. The number of fused-ring (bicyclic) bond motifs is 1. The zero-order chi connectivity index (χ0) is 22.7. The smallest absolute Gasteiger partial charge is 0.332 e. The van der Waals surface area contributed by atoms with E-state index < -0.39 is 11.2 Å². The second kappa shape index (κ2) is 9.35. The molecular weight excluding hydrogens is 436 g/mol. The number of rotatable bonds is 9. The van der Waals surface area contributed by atoms with Crippen LogP contribution in [0.15, 0.2) is 33.9 Å². The average molecular weight is 459 g/mol. The maximum absolute atomic E-state index is 12.9. The van der Waals surface area contributed by atoms with Crippen LogP contribution in [0, 0.1) is 0 Å². The minimum absolute atomic E-state index is 0.0790. The van der Waals surface area contributed by atoms with Gasteiger partial charge in [0.2, 0.25) is 5.28 Å². The van der Waals surface area contributed by atoms with Gasteiger partial charge in [-0.05, 0) is 47.4 Å². The highest BCUT2D eigenvalue weighted by atomic mass is 35.5. The van der Waals surface area contributed by atoms with Crippen LogP contribution in [-0.4, -0.2) is 46.4 Å². The SMILES string of the molecule is CCCn1c(=O)n(CCCn2nnc(Cc3ccc(OC)cc3)n2)c(=O)c2[nH]c(Cl)nc21. The Morgan fingerprint density at radius 1 is 1.09 bits per heavy atom. The van der Waals surface area contributed by atoms with Crippen LogP contribution in [0.4, 0.5) is 0 Å². The fourth-order valence-electron chi connectivity index (χ4n) is 3.50. The molecule has 0 bridgehead atoms. The number of benzene rings is 1. The van der Waals surface area contributed by atoms with E-state index in [1.807, 2.05) is 31.2 Å². The molecule has 0 fully saturated rings. The minimum Gasteiger partial charge on any atom is -0.497 e. The Hall–Kier alpha value is -3.47. The lowest BCUT2D eigenvalue weighted by molar-refractivity contribution is 0.414. The third-order valence-corrected chi connectivity index (χ3v) is 5.21. The molecule has 0 amide bonds. The first kappa shape index (κ1) is 21.8. The van der Waals surface area contributed by atoms with Crippen molar-refractivity contribution in [1.82, 2.24) is 39.3 Å². The van der Waals surface area contributed by atoms with E-state index in [0.717, 1.165) is 17.7 Å². The summed E-state index contributed by atoms with van der Waals surface area (Å²) >= 11 is 5.93. The van der Waals surface area contributed by atoms with Gasteiger partial charge in [0.1, 0.15) is 5.75 Å². The molecule has 0 aliphatic heterocycles. The summed E-state index contributed by atoms with van der Waals surface area (Å²) in [5.41, 5.74) is 0.704. The van der Waals surface area contributed by atoms with Gasteiger partial charge in [0, 0.05) is 19.5 Å². The lowest BCUT2D eigenvalue weighted by Gasteiger charge is -2.10. The molecule has 0 spiro atoms. The van der Waals surface area contributed by atoms with Gasteiger partial charge in [0.05, 0.1) is 13.7 Å². The average Bonchev–Trinajstić information content (AvgIpc) is 3.40. The number of hydrogen-bond acceptors (Lipinski definition) is 7. The maximum atomic E-state index is 12.9. The molecule has 0 radical (unpaired) electrons. The number of nitrogens with zero attached hydrogens (tertiary/aromatic N) is 7. The van der Waals surface area contributed by atoms with Gasteiger partial charge in [-0.1, -0.05) is 19.1 Å². The van der Waals surface area contributed by atoms with Crippen molar-refractivity contribution in [3.63, 3.8) is 0 Å². The fraction of sp³-hybridized carbons (Fsp3) is 0.400. The van der Waals surface area contributed by atoms with Crippen LogP contribution in [0.5, 0.6) is 5.75 Å². The molecule has 0 unspecified atom stereocenters. The van der Waals surface area contributed by atoms with Crippen molar-refractivity contribution >= 4 is 22.8 Å². The standard InChI is InChI=1S/C20H23ClN8O3/c1-3-9-27-17-16(22-19(21)23-17)18(30)28(20(27)31)10-4-11-29-25-15(24-26-29)12-13-5-7-14(32-2)8-6-13/h5-8H,3-4,9-12H2,1-2H3,(H,22,23). The van der Waals surface area contributed by atoms with E-state index in [9.17, 15) is 9.59 Å². The highest BCUT2D eigenvalue weighted by Crippen LogP contribution is 2.13. The largest absolute Gasteiger partial charge is 0.497 e. The Bertz CT molecular complexity index is 1340. The number of hydrogen-bond donors (Lipinski definition) is 1. The summed E-state index contributed by atoms with van der Waals surface area (Å²) in [6.07, 6.45) is 1.74. The Morgan fingerprint density at radius 3 is 2.59 bits per heavy atom. The monoisotopic (exact) mass is 458 g/mol. The van der Waals surface area contributed by atoms with Gasteiger partial charge >= 0.3 is 5.69 Å². The highest BCUT2D eigenvalue weighted by molar-refractivity contribution is 6.28. The fourth-order valence-corrected chi connectivity index (χ4v) is 3.67. The number of nitrogens with one attached hydrogen (secondary N) is 1. The number of ether oxygens (including phenoxy) is 1. The number of halogens is 1. The molecule has 0 aliphatic carbocycles. The summed E-state index contributed by atoms with van der Waals surface area (Å²) in [6, 6.07) is 7.66. The van der Waals surface area contributed by atoms with Crippen LogP contribution in [0.1, 0.15) is 31.2 Å². The first-order valence-electron chi connectivity index (χ1n) is 10.3. The second-order valence-electron chi connectivity index (χ2n) is 7.30. The molecule has 3 aromatic heterocycles. The van der Waals surface area contributed by atoms with Crippen molar-refractivity contribution in [2.24, 2.45) is 0 Å². The molecular formula is C20H23ClN8O3. The number of methoxy groups -OCH3 is 1. The van der Waals surface area contributed by atoms with E-state index in [-0.39, 0.29) is 23.0 Å². The van der Waals surface area contributed by atoms with Gasteiger partial charge < -0.3 is 9.72 Å². The highest BCUT2D eigenvalue weighted by Gasteiger charge is 2.16. The molecule has 32 heavy (non-hydrogen) atoms. The molecule has 3 heterocycles. The number of aromatic amines is 1. The molecule has 4 rings (SSSR count). The Morgan fingerprint density at radius 2 is 1.88 bits per heavy atom. The van der Waals surface area contributed by atoms with E-state index in [1.54, 1.807) is 7.11 Å². The summed E-state index contributed by atoms with van der Waals surface area (Å²) in [6.45, 7) is 3.01. The quantitative estimate of drug-likeness (QED) is 0.378. The molecule has 0 saturated heterocycles. The predicted octanol–water partition coefficient (Wildman–Crippen LogP) is 1.63. The van der Waals surface area contributed by atoms with Crippen molar-refractivity contribution < 1.29 is 4.74 Å². The number of tetrazole rings is 1. The molecule has 168 valence electrons. The summed E-state index contributed by atoms with van der Waals surface area (Å²) in [4.78, 5) is 34.0. The summed E-state index contributed by atoms with van der Waals surface area (Å²) in [5, 5.41) is 12.6. The van der Waals surface area contributed by atoms with Crippen LogP contribution >= 0.6 is 11.6 Å². The van der Waals surface area contributed by atoms with E-state index in [1.165, 1.54) is 13.9 Å². The van der Waals surface area contributed by atoms with Crippen molar-refractivity contribution in [2.75, 3.05) is 7.11 Å². The van der Waals surface area contributed by atoms with Gasteiger partial charge in [-0.25, -0.2) is 4.79 Å². The first-order valence-corrected chi connectivity index (χ1v) is 10.7. The normalized spacial score (nSPS) is 11.3. The number of imidazole rings is 1. The van der Waals surface area contributed by atoms with Gasteiger partial charge in [-0.3, -0.25) is 13.9 Å². The van der Waals surface area contributed by atoms with Crippen LogP contribution < -0.4 is 16.0 Å². The Balaban J connectivity index is 1.45. The van der Waals surface area contributed by atoms with Gasteiger partial charge in [0.25, 0.3) is 5.56 Å². The number of H-pyrrole nitrogens is 1. The first-order chi connectivity index (χ1) is 15.5. The molecule has 0 aliphatic rings. The molecule has 1 aromatic carbocycles. The Kier molecular flexibility index (Phi) is 6.35. The van der Waals surface area contributed by atoms with E-state index >= 15 is 0 Å². The minimum atomic E-state index is -0.441. The number of aromatic nitrogens is 8. The molecule has 4 aromatic rings. The van der Waals surface area contributed by atoms with Crippen LogP contribution in [0.3, 0.4) is 0 Å². The predicted molar refractivity (Wildman–Crippen MR) is 118 cm³/mol. The third kappa shape index (κ3) is 4.42. The van der Waals surface area contributed by atoms with Gasteiger partial charge in [-0.2, -0.15) is 9.78 Å². The van der Waals surface area contributed by atoms with Crippen LogP contribution in [-0.2, 0) is 26.1 Å². The molecule has 0 saturated carbocycles. The molecule has 1 N–H and O–H groups in total. The van der Waals surface area contributed by atoms with Crippen molar-refractivity contribution in [2.45, 2.75) is 45.8 Å². The number of aryl methyl sites for hydroxylation is 2. The van der Waals surface area contributed by atoms with E-state index in [2.05, 4.69) is 25.4 Å². The third-order valence-electron chi connectivity index (χ3n) is 5.03. The zero-order valence-corrected chi connectivity index (χ0v) is 18.5. The lowest BCUT2D eigenvalue weighted by Crippen LogP contribution is -2.40. The molecule has 11 nitrogen and oxygen atoms in total. The maximum Gasteiger partial charge on any atom is 0.332 e. The lowest BCUT2D eigenvalue weighted by atomic mass is 10.1. The second-order valence-corrected chi connectivity index (χ2v) is 7.66. The van der Waals surface area contributed by atoms with Gasteiger partial charge in [-0.15, -0.1) is 10.2 Å². The molecule has 0 atom stereocenters.